The molecule has 0 amide bonds. The molecule has 0 aromatic heterocycles. The zero-order chi connectivity index (χ0) is 31.0. The van der Waals surface area contributed by atoms with Crippen LogP contribution in [0.2, 0.25) is 0 Å². The molecular formula is C39H73NO2. The van der Waals surface area contributed by atoms with E-state index in [4.69, 9.17) is 5.73 Å². The van der Waals surface area contributed by atoms with Gasteiger partial charge >= 0.3 is 0 Å². The van der Waals surface area contributed by atoms with E-state index in [2.05, 4.69) is 38.2 Å². The maximum Gasteiger partial charge on any atom is 0.147 e. The van der Waals surface area contributed by atoms with Crippen LogP contribution in [-0.2, 0) is 9.59 Å². The van der Waals surface area contributed by atoms with Crippen molar-refractivity contribution in [3.63, 3.8) is 0 Å². The van der Waals surface area contributed by atoms with Gasteiger partial charge in [-0.15, -0.1) is 0 Å². The summed E-state index contributed by atoms with van der Waals surface area (Å²) in [6.07, 6.45) is 42.7. The highest BCUT2D eigenvalue weighted by Crippen LogP contribution is 2.25. The Kier molecular flexibility index (Phi) is 30.3. The molecule has 0 heterocycles. The van der Waals surface area contributed by atoms with Gasteiger partial charge in [0.05, 0.1) is 5.41 Å². The van der Waals surface area contributed by atoms with Crippen molar-refractivity contribution in [2.45, 2.75) is 201 Å². The van der Waals surface area contributed by atoms with Crippen molar-refractivity contribution in [3.05, 3.63) is 24.3 Å². The van der Waals surface area contributed by atoms with Crippen molar-refractivity contribution in [3.8, 4) is 0 Å². The molecule has 0 fully saturated rings. The van der Waals surface area contributed by atoms with Gasteiger partial charge in [0, 0.05) is 19.4 Å². The van der Waals surface area contributed by atoms with E-state index in [1.54, 1.807) is 6.92 Å². The summed E-state index contributed by atoms with van der Waals surface area (Å²) in [6, 6.07) is 0. The zero-order valence-corrected chi connectivity index (χ0v) is 28.7. The van der Waals surface area contributed by atoms with Crippen LogP contribution in [0.5, 0.6) is 0 Å². The van der Waals surface area contributed by atoms with Gasteiger partial charge in [-0.05, 0) is 71.1 Å². The number of carbonyl (C=O) groups excluding carboxylic acids is 2. The number of carbonyl (C=O) groups is 2. The van der Waals surface area contributed by atoms with Crippen LogP contribution in [0.25, 0.3) is 0 Å². The Hall–Kier alpha value is -1.22. The van der Waals surface area contributed by atoms with E-state index in [0.29, 0.717) is 12.8 Å². The van der Waals surface area contributed by atoms with Crippen molar-refractivity contribution in [2.24, 2.45) is 11.1 Å². The molecule has 0 aromatic carbocycles. The Balaban J connectivity index is 3.77. The first-order valence-electron chi connectivity index (χ1n) is 18.6. The Morgan fingerprint density at radius 3 is 1.00 bits per heavy atom. The fourth-order valence-electron chi connectivity index (χ4n) is 5.65. The molecule has 0 aliphatic rings. The van der Waals surface area contributed by atoms with Crippen molar-refractivity contribution in [2.75, 3.05) is 6.54 Å². The van der Waals surface area contributed by atoms with Gasteiger partial charge in [0.1, 0.15) is 11.6 Å². The van der Waals surface area contributed by atoms with Crippen LogP contribution in [0, 0.1) is 5.41 Å². The lowest BCUT2D eigenvalue weighted by Crippen LogP contribution is -2.43. The molecule has 0 unspecified atom stereocenters. The molecule has 0 aromatic rings. The van der Waals surface area contributed by atoms with Crippen molar-refractivity contribution in [1.82, 2.24) is 0 Å². The number of hydrogen-bond acceptors (Lipinski definition) is 3. The van der Waals surface area contributed by atoms with Gasteiger partial charge < -0.3 is 5.73 Å². The van der Waals surface area contributed by atoms with E-state index in [-0.39, 0.29) is 18.1 Å². The Morgan fingerprint density at radius 1 is 0.452 bits per heavy atom. The first kappa shape index (κ1) is 40.8. The molecule has 42 heavy (non-hydrogen) atoms. The van der Waals surface area contributed by atoms with E-state index in [1.165, 1.54) is 141 Å². The fraction of sp³-hybridized carbons (Fsp3) is 0.846. The van der Waals surface area contributed by atoms with Gasteiger partial charge in [-0.1, -0.05) is 141 Å². The zero-order valence-electron chi connectivity index (χ0n) is 28.7. The summed E-state index contributed by atoms with van der Waals surface area (Å²) < 4.78 is 0. The lowest BCUT2D eigenvalue weighted by molar-refractivity contribution is -0.139. The predicted molar refractivity (Wildman–Crippen MR) is 186 cm³/mol. The van der Waals surface area contributed by atoms with Gasteiger partial charge in [0.2, 0.25) is 0 Å². The lowest BCUT2D eigenvalue weighted by atomic mass is 9.77. The Morgan fingerprint density at radius 2 is 0.714 bits per heavy atom. The van der Waals surface area contributed by atoms with Gasteiger partial charge in [-0.2, -0.15) is 0 Å². The Labute approximate surface area is 263 Å². The highest BCUT2D eigenvalue weighted by Gasteiger charge is 2.37. The molecule has 0 aliphatic heterocycles. The molecular weight excluding hydrogens is 514 g/mol. The average Bonchev–Trinajstić information content (AvgIpc) is 3.00. The summed E-state index contributed by atoms with van der Waals surface area (Å²) in [5.41, 5.74) is 4.98. The third-order valence-electron chi connectivity index (χ3n) is 8.97. The molecule has 0 spiro atoms. The lowest BCUT2D eigenvalue weighted by Gasteiger charge is -2.25. The summed E-state index contributed by atoms with van der Waals surface area (Å²) in [5.74, 6) is 0.112. The van der Waals surface area contributed by atoms with Crippen molar-refractivity contribution >= 4 is 11.6 Å². The Bertz CT molecular complexity index is 613. The largest absolute Gasteiger partial charge is 0.329 e. The van der Waals surface area contributed by atoms with Crippen LogP contribution in [0.1, 0.15) is 201 Å². The molecule has 0 rings (SSSR count). The highest BCUT2D eigenvalue weighted by atomic mass is 16.2. The second-order valence-corrected chi connectivity index (χ2v) is 13.1. The summed E-state index contributed by atoms with van der Waals surface area (Å²) >= 11 is 0. The predicted octanol–water partition coefficient (Wildman–Crippen LogP) is 12.2. The van der Waals surface area contributed by atoms with Crippen LogP contribution >= 0.6 is 0 Å². The number of unbranched alkanes of at least 4 members (excludes halogenated alkanes) is 22. The summed E-state index contributed by atoms with van der Waals surface area (Å²) in [5, 5.41) is 0. The van der Waals surface area contributed by atoms with E-state index >= 15 is 0 Å². The molecule has 0 atom stereocenters. The van der Waals surface area contributed by atoms with Gasteiger partial charge in [0.25, 0.3) is 0 Å². The SMILES string of the molecule is CCCCCCCC/C=C\CCCCCCCC(=O)C(C)(CN)C(=O)CCCCCCC/C=C\CCCCCCCC. The minimum atomic E-state index is -0.985. The topological polar surface area (TPSA) is 60.2 Å². The molecule has 2 N–H and O–H groups in total. The third-order valence-corrected chi connectivity index (χ3v) is 8.97. The number of hydrogen-bond donors (Lipinski definition) is 1. The van der Waals surface area contributed by atoms with Crippen LogP contribution in [0.15, 0.2) is 24.3 Å². The summed E-state index contributed by atoms with van der Waals surface area (Å²) in [6.45, 7) is 6.46. The number of nitrogens with two attached hydrogens (primary N) is 1. The summed E-state index contributed by atoms with van der Waals surface area (Å²) in [4.78, 5) is 25.8. The van der Waals surface area contributed by atoms with E-state index in [0.717, 1.165) is 25.7 Å². The van der Waals surface area contributed by atoms with Crippen LogP contribution in [0.3, 0.4) is 0 Å². The first-order chi connectivity index (χ1) is 20.5. The van der Waals surface area contributed by atoms with E-state index in [9.17, 15) is 9.59 Å². The van der Waals surface area contributed by atoms with Crippen LogP contribution < -0.4 is 5.73 Å². The third kappa shape index (κ3) is 24.2. The second kappa shape index (κ2) is 31.2. The minimum absolute atomic E-state index is 0.0559. The van der Waals surface area contributed by atoms with E-state index < -0.39 is 5.41 Å². The van der Waals surface area contributed by atoms with Crippen LogP contribution in [-0.4, -0.2) is 18.1 Å². The maximum absolute atomic E-state index is 12.9. The summed E-state index contributed by atoms with van der Waals surface area (Å²) in [7, 11) is 0. The van der Waals surface area contributed by atoms with Gasteiger partial charge in [0.15, 0.2) is 0 Å². The van der Waals surface area contributed by atoms with Gasteiger partial charge in [-0.25, -0.2) is 0 Å². The molecule has 246 valence electrons. The normalized spacial score (nSPS) is 12.2. The molecule has 0 aliphatic carbocycles. The molecule has 0 saturated heterocycles. The average molecular weight is 588 g/mol. The quantitative estimate of drug-likeness (QED) is 0.0472. The van der Waals surface area contributed by atoms with Crippen molar-refractivity contribution in [1.29, 1.82) is 0 Å². The molecule has 0 bridgehead atoms. The number of allylic oxidation sites excluding steroid dienone is 4. The molecule has 3 heteroatoms. The number of rotatable bonds is 33. The van der Waals surface area contributed by atoms with Crippen molar-refractivity contribution < 1.29 is 9.59 Å². The standard InChI is InChI=1S/C39H73NO2/c1-4-6-8-10-12-14-16-18-20-22-24-26-28-30-32-34-37(41)39(3,36-40)38(42)35-33-31-29-27-25-23-21-19-17-15-13-11-9-7-5-2/h18-21H,4-17,22-36,40H2,1-3H3/b20-18-,21-19-. The molecule has 0 radical (unpaired) electrons. The second-order valence-electron chi connectivity index (χ2n) is 13.1. The minimum Gasteiger partial charge on any atom is -0.329 e. The van der Waals surface area contributed by atoms with Gasteiger partial charge in [-0.3, -0.25) is 9.59 Å². The monoisotopic (exact) mass is 588 g/mol. The number of ketones is 2. The maximum atomic E-state index is 12.9. The molecule has 3 nitrogen and oxygen atoms in total. The fourth-order valence-corrected chi connectivity index (χ4v) is 5.65. The highest BCUT2D eigenvalue weighted by molar-refractivity contribution is 6.06. The van der Waals surface area contributed by atoms with Crippen LogP contribution in [0.4, 0.5) is 0 Å². The van der Waals surface area contributed by atoms with E-state index in [1.807, 2.05) is 0 Å². The molecule has 0 saturated carbocycles. The smallest absolute Gasteiger partial charge is 0.147 e. The first-order valence-corrected chi connectivity index (χ1v) is 18.6. The number of Topliss-reactive ketones (excluding diaryl/α,β-unsaturated/α-hetero) is 2.